The van der Waals surface area contributed by atoms with Crippen molar-refractivity contribution in [2.24, 2.45) is 5.92 Å². The smallest absolute Gasteiger partial charge is 0.331 e. The van der Waals surface area contributed by atoms with Crippen LogP contribution in [0.25, 0.3) is 10.9 Å². The van der Waals surface area contributed by atoms with Gasteiger partial charge in [0.05, 0.1) is 21.8 Å². The van der Waals surface area contributed by atoms with Gasteiger partial charge in [-0.3, -0.25) is 18.7 Å². The van der Waals surface area contributed by atoms with Crippen LogP contribution in [-0.2, 0) is 21.4 Å². The molecule has 9 nitrogen and oxygen atoms in total. The number of nitrogens with one attached hydrogen (secondary N) is 1. The van der Waals surface area contributed by atoms with Crippen molar-refractivity contribution in [3.63, 3.8) is 0 Å². The summed E-state index contributed by atoms with van der Waals surface area (Å²) in [5.41, 5.74) is -0.920. The average Bonchev–Trinajstić information content (AvgIpc) is 3.69. The fourth-order valence-electron chi connectivity index (χ4n) is 4.55. The number of rotatable bonds is 7. The maximum atomic E-state index is 13.5. The van der Waals surface area contributed by atoms with E-state index >= 15 is 0 Å². The number of nitrogens with zero attached hydrogens (tertiary/aromatic N) is 3. The third-order valence-electron chi connectivity index (χ3n) is 6.99. The van der Waals surface area contributed by atoms with Crippen molar-refractivity contribution >= 4 is 26.8 Å². The van der Waals surface area contributed by atoms with E-state index < -0.39 is 32.9 Å². The summed E-state index contributed by atoms with van der Waals surface area (Å²) in [4.78, 5) is 40.6. The zero-order valence-corrected chi connectivity index (χ0v) is 19.4. The van der Waals surface area contributed by atoms with Gasteiger partial charge in [0.2, 0.25) is 15.9 Å². The number of likely N-dealkylation sites (tertiary alicyclic amines) is 1. The van der Waals surface area contributed by atoms with Gasteiger partial charge in [-0.1, -0.05) is 6.58 Å². The van der Waals surface area contributed by atoms with Gasteiger partial charge >= 0.3 is 5.69 Å². The van der Waals surface area contributed by atoms with E-state index in [9.17, 15) is 22.8 Å². The van der Waals surface area contributed by atoms with Crippen LogP contribution < -0.4 is 16.0 Å². The van der Waals surface area contributed by atoms with E-state index in [1.807, 2.05) is 6.92 Å². The molecule has 2 aliphatic carbocycles. The molecule has 5 rings (SSSR count). The largest absolute Gasteiger partial charge is 0.337 e. The van der Waals surface area contributed by atoms with Gasteiger partial charge in [0.1, 0.15) is 0 Å². The van der Waals surface area contributed by atoms with Gasteiger partial charge in [-0.2, -0.15) is 0 Å². The van der Waals surface area contributed by atoms with Gasteiger partial charge < -0.3 is 4.90 Å². The van der Waals surface area contributed by atoms with Gasteiger partial charge in [-0.25, -0.2) is 17.9 Å². The van der Waals surface area contributed by atoms with Gasteiger partial charge in [-0.05, 0) is 69.2 Å². The molecule has 33 heavy (non-hydrogen) atoms. The minimum Gasteiger partial charge on any atom is -0.337 e. The Morgan fingerprint density at radius 1 is 1.24 bits per heavy atom. The number of sulfonamides is 1. The summed E-state index contributed by atoms with van der Waals surface area (Å²) in [6.45, 7) is 6.51. The summed E-state index contributed by atoms with van der Waals surface area (Å²) < 4.78 is 31.4. The summed E-state index contributed by atoms with van der Waals surface area (Å²) in [7, 11) is -3.80. The highest BCUT2D eigenvalue weighted by Crippen LogP contribution is 2.36. The summed E-state index contributed by atoms with van der Waals surface area (Å²) in [6, 6.07) is 3.94. The first kappa shape index (κ1) is 22.1. The minimum atomic E-state index is -3.80. The van der Waals surface area contributed by atoms with Gasteiger partial charge in [-0.15, -0.1) is 0 Å². The predicted molar refractivity (Wildman–Crippen MR) is 124 cm³/mol. The van der Waals surface area contributed by atoms with E-state index in [2.05, 4.69) is 11.3 Å². The fraction of sp³-hybridized carbons (Fsp3) is 0.522. The van der Waals surface area contributed by atoms with Crippen molar-refractivity contribution in [2.45, 2.75) is 62.0 Å². The molecule has 10 heteroatoms. The Morgan fingerprint density at radius 2 is 1.97 bits per heavy atom. The van der Waals surface area contributed by atoms with Gasteiger partial charge in [0, 0.05) is 25.2 Å². The van der Waals surface area contributed by atoms with Crippen LogP contribution in [0.2, 0.25) is 0 Å². The number of carbonyl (C=O) groups excluding carboxylic acids is 1. The molecule has 1 atom stereocenters. The van der Waals surface area contributed by atoms with Crippen molar-refractivity contribution in [1.82, 2.24) is 18.8 Å². The van der Waals surface area contributed by atoms with Crippen LogP contribution in [0, 0.1) is 5.92 Å². The molecule has 1 aromatic heterocycles. The Labute approximate surface area is 191 Å². The lowest BCUT2D eigenvalue weighted by Crippen LogP contribution is -2.43. The number of aromatic nitrogens is 2. The number of hydrogen-bond acceptors (Lipinski definition) is 5. The highest BCUT2D eigenvalue weighted by atomic mass is 32.2. The third-order valence-corrected chi connectivity index (χ3v) is 8.62. The number of carbonyl (C=O) groups is 1. The van der Waals surface area contributed by atoms with Gasteiger partial charge in [0.25, 0.3) is 5.56 Å². The second-order valence-electron chi connectivity index (χ2n) is 9.79. The monoisotopic (exact) mass is 472 g/mol. The maximum Gasteiger partial charge on any atom is 0.331 e. The molecular formula is C23H28N4O5S. The third kappa shape index (κ3) is 4.06. The Morgan fingerprint density at radius 3 is 2.61 bits per heavy atom. The van der Waals surface area contributed by atoms with Crippen molar-refractivity contribution in [3.8, 4) is 0 Å². The van der Waals surface area contributed by atoms with Crippen LogP contribution in [0.4, 0.5) is 0 Å². The molecular weight excluding hydrogens is 444 g/mol. The van der Waals surface area contributed by atoms with E-state index in [0.717, 1.165) is 25.7 Å². The number of hydrogen-bond donors (Lipinski definition) is 1. The van der Waals surface area contributed by atoms with Crippen LogP contribution in [-0.4, -0.2) is 47.0 Å². The van der Waals surface area contributed by atoms with E-state index in [0.29, 0.717) is 30.9 Å². The summed E-state index contributed by atoms with van der Waals surface area (Å²) in [5.74, 6) is 0.136. The van der Waals surface area contributed by atoms with Crippen molar-refractivity contribution in [1.29, 1.82) is 0 Å². The molecule has 0 spiro atoms. The Hall–Kier alpha value is -2.72. The Balaban J connectivity index is 1.64. The lowest BCUT2D eigenvalue weighted by atomic mass is 10.2. The molecule has 1 aliphatic heterocycles. The molecule has 2 saturated carbocycles. The van der Waals surface area contributed by atoms with Crippen LogP contribution in [0.1, 0.15) is 45.1 Å². The molecule has 2 aromatic rings. The van der Waals surface area contributed by atoms with E-state index in [1.165, 1.54) is 22.8 Å². The molecule has 3 fully saturated rings. The zero-order valence-electron chi connectivity index (χ0n) is 18.6. The topological polar surface area (TPSA) is 110 Å². The fourth-order valence-corrected chi connectivity index (χ4v) is 6.04. The van der Waals surface area contributed by atoms with Crippen molar-refractivity contribution in [3.05, 3.63) is 51.7 Å². The lowest BCUT2D eigenvalue weighted by Gasteiger charge is -2.19. The highest BCUT2D eigenvalue weighted by molar-refractivity contribution is 7.89. The highest BCUT2D eigenvalue weighted by Gasteiger charge is 2.41. The van der Waals surface area contributed by atoms with Crippen LogP contribution >= 0.6 is 0 Å². The normalized spacial score (nSPS) is 22.0. The summed E-state index contributed by atoms with van der Waals surface area (Å²) in [6.07, 6.45) is 5.29. The molecule has 0 unspecified atom stereocenters. The zero-order chi connectivity index (χ0) is 23.5. The molecule has 0 bridgehead atoms. The Bertz CT molecular complexity index is 1380. The molecule has 0 radical (unpaired) electrons. The number of benzene rings is 1. The Kier molecular flexibility index (Phi) is 5.13. The number of amides is 1. The second-order valence-corrected chi connectivity index (χ2v) is 11.5. The molecule has 176 valence electrons. The first-order chi connectivity index (χ1) is 15.6. The summed E-state index contributed by atoms with van der Waals surface area (Å²) >= 11 is 0. The molecule has 1 N–H and O–H groups in total. The number of fused-ring (bicyclic) bond motifs is 1. The van der Waals surface area contributed by atoms with E-state index in [-0.39, 0.29) is 22.7 Å². The minimum absolute atomic E-state index is 0.0123. The van der Waals surface area contributed by atoms with E-state index in [4.69, 9.17) is 0 Å². The molecule has 1 saturated heterocycles. The predicted octanol–water partition coefficient (Wildman–Crippen LogP) is 1.36. The molecule has 2 heterocycles. The first-order valence-electron chi connectivity index (χ1n) is 11.4. The first-order valence-corrected chi connectivity index (χ1v) is 12.8. The van der Waals surface area contributed by atoms with Crippen molar-refractivity contribution in [2.75, 3.05) is 13.1 Å². The van der Waals surface area contributed by atoms with E-state index in [1.54, 1.807) is 15.5 Å². The SMILES string of the molecule is C=CC(=O)N1CC[C@H](n2c(=O)c3cc(S(=O)(=O)NC4(C)CC4)ccc3n(CC3CC3)c2=O)C1. The van der Waals surface area contributed by atoms with Crippen LogP contribution in [0.5, 0.6) is 0 Å². The quantitative estimate of drug-likeness (QED) is 0.612. The maximum absolute atomic E-state index is 13.5. The van der Waals surface area contributed by atoms with Crippen LogP contribution in [0.15, 0.2) is 45.3 Å². The second kappa shape index (κ2) is 7.66. The lowest BCUT2D eigenvalue weighted by molar-refractivity contribution is -0.125. The standard InChI is InChI=1S/C23H28N4O5S/c1-3-20(28)25-11-8-16(14-25)27-21(29)18-12-17(33(31,32)24-23(2)9-10-23)6-7-19(18)26(22(27)30)13-15-4-5-15/h3,6-7,12,15-16,24H,1,4-5,8-11,13-14H2,2H3/t16-/m0/s1. The molecule has 3 aliphatic rings. The molecule has 1 amide bonds. The van der Waals surface area contributed by atoms with Crippen LogP contribution in [0.3, 0.4) is 0 Å². The van der Waals surface area contributed by atoms with Gasteiger partial charge in [0.15, 0.2) is 0 Å². The molecule has 1 aromatic carbocycles. The average molecular weight is 473 g/mol. The summed E-state index contributed by atoms with van der Waals surface area (Å²) in [5, 5.41) is 0.201. The van der Waals surface area contributed by atoms with Crippen molar-refractivity contribution < 1.29 is 13.2 Å².